The molecule has 2 saturated heterocycles. The minimum Gasteiger partial charge on any atom is -0.346 e. The van der Waals surface area contributed by atoms with E-state index >= 15 is 0 Å². The van der Waals surface area contributed by atoms with Crippen molar-refractivity contribution in [3.63, 3.8) is 0 Å². The number of piperidine rings is 2. The van der Waals surface area contributed by atoms with Crippen molar-refractivity contribution < 1.29 is 4.79 Å². The van der Waals surface area contributed by atoms with Gasteiger partial charge in [0.25, 0.3) is 0 Å². The van der Waals surface area contributed by atoms with Crippen LogP contribution in [0.2, 0.25) is 0 Å². The van der Waals surface area contributed by atoms with Gasteiger partial charge in [0, 0.05) is 35.2 Å². The first-order valence-corrected chi connectivity index (χ1v) is 15.8. The Morgan fingerprint density at radius 1 is 1.02 bits per heavy atom. The van der Waals surface area contributed by atoms with Crippen LogP contribution in [-0.4, -0.2) is 46.5 Å². The molecule has 3 aliphatic rings. The lowest BCUT2D eigenvalue weighted by atomic mass is 9.78. The van der Waals surface area contributed by atoms with Gasteiger partial charge in [-0.1, -0.05) is 17.2 Å². The first-order chi connectivity index (χ1) is 19.3. The Morgan fingerprint density at radius 2 is 1.73 bits per heavy atom. The molecule has 1 saturated carbocycles. The molecule has 0 atom stereocenters. The minimum absolute atomic E-state index is 0.305. The van der Waals surface area contributed by atoms with Crippen molar-refractivity contribution in [1.29, 1.82) is 0 Å². The van der Waals surface area contributed by atoms with Gasteiger partial charge in [0.1, 0.15) is 4.83 Å². The van der Waals surface area contributed by atoms with Crippen LogP contribution in [0, 0.1) is 19.8 Å². The number of fused-ring (bicyclic) bond motifs is 4. The van der Waals surface area contributed by atoms with Crippen LogP contribution in [0.4, 0.5) is 0 Å². The maximum absolute atomic E-state index is 13.9. The van der Waals surface area contributed by atoms with Gasteiger partial charge >= 0.3 is 0 Å². The highest BCUT2D eigenvalue weighted by Gasteiger charge is 2.43. The summed E-state index contributed by atoms with van der Waals surface area (Å²) >= 11 is 1.77. The molecular formula is C34H42N4OS. The van der Waals surface area contributed by atoms with Crippen molar-refractivity contribution in [3.05, 3.63) is 75.9 Å². The van der Waals surface area contributed by atoms with Gasteiger partial charge in [0.05, 0.1) is 11.1 Å². The highest BCUT2D eigenvalue weighted by atomic mass is 32.1. The third-order valence-corrected chi connectivity index (χ3v) is 10.5. The fraction of sp³-hybridized carbons (Fsp3) is 0.471. The predicted molar refractivity (Wildman–Crippen MR) is 166 cm³/mol. The molecule has 7 rings (SSSR count). The van der Waals surface area contributed by atoms with Gasteiger partial charge in [0.2, 0.25) is 5.91 Å². The number of benzene rings is 1. The lowest BCUT2D eigenvalue weighted by Gasteiger charge is -2.47. The number of aromatic nitrogens is 2. The second-order valence-corrected chi connectivity index (χ2v) is 13.6. The van der Waals surface area contributed by atoms with E-state index in [1.807, 2.05) is 12.4 Å². The quantitative estimate of drug-likeness (QED) is 0.220. The number of pyridine rings is 1. The maximum atomic E-state index is 13.9. The average molecular weight is 555 g/mol. The molecule has 5 heterocycles. The molecule has 3 fully saturated rings. The number of carbonyl (C=O) groups is 1. The molecule has 1 amide bonds. The Labute approximate surface area is 242 Å². The summed E-state index contributed by atoms with van der Waals surface area (Å²) in [5.74, 6) is 1.00. The predicted octanol–water partition coefficient (Wildman–Crippen LogP) is 6.96. The summed E-state index contributed by atoms with van der Waals surface area (Å²) in [6.45, 7) is 11.4. The molecule has 2 bridgehead atoms. The molecule has 40 heavy (non-hydrogen) atoms. The van der Waals surface area contributed by atoms with Crippen LogP contribution in [0.5, 0.6) is 0 Å². The number of hydrogen-bond acceptors (Lipinski definition) is 4. The third kappa shape index (κ3) is 5.36. The average Bonchev–Trinajstić information content (AvgIpc) is 3.53. The fourth-order valence-corrected chi connectivity index (χ4v) is 8.05. The summed E-state index contributed by atoms with van der Waals surface area (Å²) in [6, 6.07) is 13.7. The number of thiophene rings is 1. The molecule has 2 N–H and O–H groups in total. The Bertz CT molecular complexity index is 1470. The van der Waals surface area contributed by atoms with Crippen LogP contribution < -0.4 is 5.32 Å². The largest absolute Gasteiger partial charge is 0.346 e. The number of nitrogens with one attached hydrogen (secondary N) is 2. The summed E-state index contributed by atoms with van der Waals surface area (Å²) in [5.41, 5.74) is 7.14. The lowest BCUT2D eigenvalue weighted by molar-refractivity contribution is -0.143. The van der Waals surface area contributed by atoms with Crippen molar-refractivity contribution in [2.75, 3.05) is 19.6 Å². The number of hydrogen-bond donors (Lipinski definition) is 2. The topological polar surface area (TPSA) is 61.0 Å². The Balaban J connectivity index is 1.27. The molecular weight excluding hydrogens is 512 g/mol. The van der Waals surface area contributed by atoms with E-state index in [9.17, 15) is 4.79 Å². The molecule has 5 nitrogen and oxygen atoms in total. The molecule has 4 aromatic rings. The van der Waals surface area contributed by atoms with E-state index in [1.54, 1.807) is 11.3 Å². The van der Waals surface area contributed by atoms with Crippen molar-refractivity contribution in [2.24, 2.45) is 5.92 Å². The molecule has 0 unspecified atom stereocenters. The first-order valence-electron chi connectivity index (χ1n) is 14.9. The van der Waals surface area contributed by atoms with Crippen molar-refractivity contribution in [1.82, 2.24) is 20.2 Å². The monoisotopic (exact) mass is 554 g/mol. The molecule has 2 aliphatic heterocycles. The highest BCUT2D eigenvalue weighted by molar-refractivity contribution is 7.19. The molecule has 1 aliphatic carbocycles. The zero-order chi connectivity index (χ0) is 27.9. The van der Waals surface area contributed by atoms with Crippen LogP contribution in [0.1, 0.15) is 66.7 Å². The fourth-order valence-electron chi connectivity index (χ4n) is 6.86. The summed E-state index contributed by atoms with van der Waals surface area (Å²) in [6.07, 6.45) is 10.6. The van der Waals surface area contributed by atoms with Gasteiger partial charge in [-0.05, 0) is 132 Å². The number of aryl methyl sites for hydroxylation is 2. The SMILES string of the molecule is Cc1cc(C)cc(-c2[nH]c3sc(C(C)(C)C(=O)N4CC5CCC4CC5)cc3c2CCNCCc2ccncc2)c1. The first kappa shape index (κ1) is 27.2. The van der Waals surface area contributed by atoms with Gasteiger partial charge in [-0.15, -0.1) is 11.3 Å². The Hall–Kier alpha value is -2.96. The Morgan fingerprint density at radius 3 is 2.40 bits per heavy atom. The van der Waals surface area contributed by atoms with Gasteiger partial charge in [-0.2, -0.15) is 0 Å². The lowest BCUT2D eigenvalue weighted by Crippen LogP contribution is -2.55. The van der Waals surface area contributed by atoms with E-state index in [0.717, 1.165) is 32.5 Å². The van der Waals surface area contributed by atoms with Crippen LogP contribution in [-0.2, 0) is 23.1 Å². The summed E-state index contributed by atoms with van der Waals surface area (Å²) in [4.78, 5) is 26.4. The molecule has 0 radical (unpaired) electrons. The van der Waals surface area contributed by atoms with E-state index in [-0.39, 0.29) is 0 Å². The number of carbonyl (C=O) groups excluding carboxylic acids is 1. The molecule has 3 aromatic heterocycles. The van der Waals surface area contributed by atoms with E-state index in [2.05, 4.69) is 84.3 Å². The number of aromatic amines is 1. The van der Waals surface area contributed by atoms with Gasteiger partial charge in [-0.3, -0.25) is 9.78 Å². The van der Waals surface area contributed by atoms with E-state index in [0.29, 0.717) is 17.9 Å². The number of nitrogens with zero attached hydrogens (tertiary/aromatic N) is 2. The molecule has 0 spiro atoms. The zero-order valence-electron chi connectivity index (χ0n) is 24.3. The third-order valence-electron chi connectivity index (χ3n) is 9.12. The highest BCUT2D eigenvalue weighted by Crippen LogP contribution is 2.43. The summed E-state index contributed by atoms with van der Waals surface area (Å²) in [7, 11) is 0. The van der Waals surface area contributed by atoms with Crippen molar-refractivity contribution >= 4 is 27.5 Å². The maximum Gasteiger partial charge on any atom is 0.233 e. The number of rotatable bonds is 9. The van der Waals surface area contributed by atoms with Gasteiger partial charge < -0.3 is 15.2 Å². The zero-order valence-corrected chi connectivity index (χ0v) is 25.2. The van der Waals surface area contributed by atoms with Crippen molar-refractivity contribution in [3.8, 4) is 11.3 Å². The van der Waals surface area contributed by atoms with E-state index in [1.165, 1.54) is 74.3 Å². The standard InChI is InChI=1S/C34H42N4OS/c1-22-17-23(2)19-26(18-22)31-28(12-16-36-15-11-24-9-13-35-14-10-24)29-20-30(40-32(29)37-31)34(3,4)33(39)38-21-25-5-7-27(38)8-6-25/h9-10,13-14,17-20,25,27,36-37H,5-8,11-12,15-16,21H2,1-4H3. The molecule has 6 heteroatoms. The van der Waals surface area contributed by atoms with Crippen LogP contribution in [0.15, 0.2) is 48.8 Å². The van der Waals surface area contributed by atoms with E-state index in [4.69, 9.17) is 0 Å². The molecule has 210 valence electrons. The van der Waals surface area contributed by atoms with E-state index < -0.39 is 5.41 Å². The van der Waals surface area contributed by atoms with Crippen LogP contribution >= 0.6 is 11.3 Å². The Kier molecular flexibility index (Phi) is 7.58. The number of amides is 1. The summed E-state index contributed by atoms with van der Waals surface area (Å²) < 4.78 is 0. The number of H-pyrrole nitrogens is 1. The minimum atomic E-state index is -0.526. The molecule has 1 aromatic carbocycles. The van der Waals surface area contributed by atoms with Crippen LogP contribution in [0.3, 0.4) is 0 Å². The second kappa shape index (κ2) is 11.1. The smallest absolute Gasteiger partial charge is 0.233 e. The van der Waals surface area contributed by atoms with Crippen molar-refractivity contribution in [2.45, 2.75) is 77.7 Å². The summed E-state index contributed by atoms with van der Waals surface area (Å²) in [5, 5.41) is 4.93. The van der Waals surface area contributed by atoms with Gasteiger partial charge in [0.15, 0.2) is 0 Å². The second-order valence-electron chi connectivity index (χ2n) is 12.6. The normalized spacial score (nSPS) is 19.1. The van der Waals surface area contributed by atoms with Crippen LogP contribution in [0.25, 0.3) is 21.5 Å². The van der Waals surface area contributed by atoms with Gasteiger partial charge in [-0.25, -0.2) is 0 Å².